The van der Waals surface area contributed by atoms with Crippen molar-refractivity contribution in [2.24, 2.45) is 0 Å². The first-order valence-electron chi connectivity index (χ1n) is 4.30. The van der Waals surface area contributed by atoms with Crippen LogP contribution in [0, 0.1) is 20.7 Å². The van der Waals surface area contributed by atoms with Crippen LogP contribution in [0.1, 0.15) is 12.8 Å². The van der Waals surface area contributed by atoms with Gasteiger partial charge >= 0.3 is 0 Å². The van der Waals surface area contributed by atoms with Crippen LogP contribution in [-0.2, 0) is 0 Å². The normalized spacial score (nSPS) is 9.50. The van der Waals surface area contributed by atoms with Crippen molar-refractivity contribution in [3.05, 3.63) is 27.6 Å². The molecule has 0 spiro atoms. The van der Waals surface area contributed by atoms with Gasteiger partial charge in [0.2, 0.25) is 0 Å². The van der Waals surface area contributed by atoms with Crippen molar-refractivity contribution >= 4 is 28.3 Å². The van der Waals surface area contributed by atoms with Crippen LogP contribution in [0.4, 0.5) is 10.1 Å². The first-order valence-corrected chi connectivity index (χ1v) is 5.38. The Morgan fingerprint density at radius 2 is 2.29 bits per heavy atom. The fourth-order valence-electron chi connectivity index (χ4n) is 1.02. The van der Waals surface area contributed by atoms with E-state index in [0.717, 1.165) is 22.2 Å². The smallest absolute Gasteiger partial charge is 0.124 e. The molecule has 1 rings (SSSR count). The van der Waals surface area contributed by atoms with Crippen LogP contribution in [-0.4, -0.2) is 6.54 Å². The van der Waals surface area contributed by atoms with Crippen LogP contribution in [0.5, 0.6) is 0 Å². The molecule has 0 fully saturated rings. The minimum atomic E-state index is -0.225. The molecule has 4 heteroatoms. The lowest BCUT2D eigenvalue weighted by Crippen LogP contribution is -2.02. The molecule has 0 heterocycles. The first kappa shape index (κ1) is 11.2. The molecule has 0 amide bonds. The average molecular weight is 304 g/mol. The van der Waals surface area contributed by atoms with E-state index < -0.39 is 0 Å². The molecule has 0 saturated carbocycles. The van der Waals surface area contributed by atoms with Crippen LogP contribution in [0.15, 0.2) is 18.2 Å². The van der Waals surface area contributed by atoms with Gasteiger partial charge in [-0.05, 0) is 47.2 Å². The molecule has 74 valence electrons. The van der Waals surface area contributed by atoms with Crippen LogP contribution in [0.25, 0.3) is 0 Å². The maximum atomic E-state index is 12.7. The zero-order valence-electron chi connectivity index (χ0n) is 7.56. The van der Waals surface area contributed by atoms with Crippen molar-refractivity contribution in [1.82, 2.24) is 0 Å². The molecule has 1 aromatic rings. The lowest BCUT2D eigenvalue weighted by atomic mass is 10.3. The van der Waals surface area contributed by atoms with Gasteiger partial charge in [0, 0.05) is 22.2 Å². The monoisotopic (exact) mass is 304 g/mol. The fraction of sp³-hybridized carbons (Fsp3) is 0.300. The van der Waals surface area contributed by atoms with Gasteiger partial charge in [-0.1, -0.05) is 0 Å². The molecule has 14 heavy (non-hydrogen) atoms. The topological polar surface area (TPSA) is 35.8 Å². The zero-order chi connectivity index (χ0) is 10.4. The molecular formula is C10H10FIN2. The predicted octanol–water partition coefficient (Wildman–Crippen LogP) is 3.15. The molecule has 0 atom stereocenters. The summed E-state index contributed by atoms with van der Waals surface area (Å²) in [7, 11) is 0. The molecule has 0 aliphatic rings. The second kappa shape index (κ2) is 5.81. The zero-order valence-corrected chi connectivity index (χ0v) is 9.71. The Bertz CT molecular complexity index is 346. The lowest BCUT2D eigenvalue weighted by Gasteiger charge is -2.06. The van der Waals surface area contributed by atoms with E-state index in [1.54, 1.807) is 6.07 Å². The van der Waals surface area contributed by atoms with Crippen LogP contribution in [0.3, 0.4) is 0 Å². The minimum absolute atomic E-state index is 0.225. The molecule has 2 nitrogen and oxygen atoms in total. The highest BCUT2D eigenvalue weighted by molar-refractivity contribution is 14.1. The van der Waals surface area contributed by atoms with Crippen LogP contribution < -0.4 is 5.32 Å². The minimum Gasteiger partial charge on any atom is -0.384 e. The van der Waals surface area contributed by atoms with E-state index in [0.29, 0.717) is 6.42 Å². The summed E-state index contributed by atoms with van der Waals surface area (Å²) in [5.74, 6) is -0.225. The predicted molar refractivity (Wildman–Crippen MR) is 62.5 cm³/mol. The molecule has 0 aromatic heterocycles. The summed E-state index contributed by atoms with van der Waals surface area (Å²) in [5, 5.41) is 11.5. The number of unbranched alkanes of at least 4 members (excludes halogenated alkanes) is 1. The Balaban J connectivity index is 2.47. The summed E-state index contributed by atoms with van der Waals surface area (Å²) >= 11 is 2.08. The molecule has 0 radical (unpaired) electrons. The Morgan fingerprint density at radius 3 is 2.93 bits per heavy atom. The molecular weight excluding hydrogens is 294 g/mol. The van der Waals surface area contributed by atoms with Crippen molar-refractivity contribution in [1.29, 1.82) is 5.26 Å². The number of rotatable bonds is 4. The Morgan fingerprint density at radius 1 is 1.50 bits per heavy atom. The van der Waals surface area contributed by atoms with Gasteiger partial charge in [-0.15, -0.1) is 0 Å². The highest BCUT2D eigenvalue weighted by Crippen LogP contribution is 2.18. The Labute approximate surface area is 96.3 Å². The third kappa shape index (κ3) is 3.50. The number of benzene rings is 1. The summed E-state index contributed by atoms with van der Waals surface area (Å²) in [4.78, 5) is 0. The number of hydrogen-bond acceptors (Lipinski definition) is 2. The Hall–Kier alpha value is -0.830. The molecule has 0 unspecified atom stereocenters. The quantitative estimate of drug-likeness (QED) is 0.685. The van der Waals surface area contributed by atoms with E-state index >= 15 is 0 Å². The van der Waals surface area contributed by atoms with Crippen molar-refractivity contribution in [2.75, 3.05) is 11.9 Å². The van der Waals surface area contributed by atoms with Gasteiger partial charge in [0.15, 0.2) is 0 Å². The summed E-state index contributed by atoms with van der Waals surface area (Å²) in [6.07, 6.45) is 1.36. The standard InChI is InChI=1S/C10H10FIN2/c11-8-3-4-10(9(12)7-8)14-6-2-1-5-13/h3-4,7,14H,1-2,6H2. The molecule has 0 aliphatic carbocycles. The highest BCUT2D eigenvalue weighted by atomic mass is 127. The number of halogens is 2. The third-order valence-corrected chi connectivity index (χ3v) is 2.60. The van der Waals surface area contributed by atoms with Gasteiger partial charge in [-0.25, -0.2) is 4.39 Å². The van der Waals surface area contributed by atoms with E-state index in [2.05, 4.69) is 34.0 Å². The van der Waals surface area contributed by atoms with Gasteiger partial charge in [-0.2, -0.15) is 5.26 Å². The summed E-state index contributed by atoms with van der Waals surface area (Å²) < 4.78 is 13.6. The summed E-state index contributed by atoms with van der Waals surface area (Å²) in [6.45, 7) is 0.745. The fourth-order valence-corrected chi connectivity index (χ4v) is 1.69. The second-order valence-corrected chi connectivity index (χ2v) is 3.97. The van der Waals surface area contributed by atoms with Crippen molar-refractivity contribution in [2.45, 2.75) is 12.8 Å². The molecule has 1 N–H and O–H groups in total. The van der Waals surface area contributed by atoms with E-state index in [1.165, 1.54) is 12.1 Å². The molecule has 0 saturated heterocycles. The molecule has 0 bridgehead atoms. The van der Waals surface area contributed by atoms with E-state index in [1.807, 2.05) is 0 Å². The maximum Gasteiger partial charge on any atom is 0.124 e. The van der Waals surface area contributed by atoms with Gasteiger partial charge in [-0.3, -0.25) is 0 Å². The largest absolute Gasteiger partial charge is 0.384 e. The number of nitrogens with one attached hydrogen (secondary N) is 1. The highest BCUT2D eigenvalue weighted by Gasteiger charge is 1.99. The number of hydrogen-bond donors (Lipinski definition) is 1. The molecule has 1 aromatic carbocycles. The Kier molecular flexibility index (Phi) is 4.66. The van der Waals surface area contributed by atoms with Gasteiger partial charge in [0.1, 0.15) is 5.82 Å². The molecule has 0 aliphatic heterocycles. The van der Waals surface area contributed by atoms with Crippen molar-refractivity contribution < 1.29 is 4.39 Å². The maximum absolute atomic E-state index is 12.7. The third-order valence-electron chi connectivity index (χ3n) is 1.71. The average Bonchev–Trinajstić information content (AvgIpc) is 2.15. The number of nitrogens with zero attached hydrogens (tertiary/aromatic N) is 1. The SMILES string of the molecule is N#CCCCNc1ccc(F)cc1I. The lowest BCUT2D eigenvalue weighted by molar-refractivity contribution is 0.627. The first-order chi connectivity index (χ1) is 6.74. The van der Waals surface area contributed by atoms with Crippen LogP contribution in [0.2, 0.25) is 0 Å². The van der Waals surface area contributed by atoms with Gasteiger partial charge in [0.25, 0.3) is 0 Å². The van der Waals surface area contributed by atoms with E-state index in [9.17, 15) is 4.39 Å². The van der Waals surface area contributed by atoms with E-state index in [4.69, 9.17) is 5.26 Å². The van der Waals surface area contributed by atoms with E-state index in [-0.39, 0.29) is 5.82 Å². The summed E-state index contributed by atoms with van der Waals surface area (Å²) in [5.41, 5.74) is 0.921. The second-order valence-electron chi connectivity index (χ2n) is 2.81. The number of anilines is 1. The number of nitriles is 1. The van der Waals surface area contributed by atoms with Crippen LogP contribution >= 0.6 is 22.6 Å². The van der Waals surface area contributed by atoms with Crippen molar-refractivity contribution in [3.63, 3.8) is 0 Å². The van der Waals surface area contributed by atoms with Gasteiger partial charge in [0.05, 0.1) is 6.07 Å². The summed E-state index contributed by atoms with van der Waals surface area (Å²) in [6, 6.07) is 6.69. The van der Waals surface area contributed by atoms with Gasteiger partial charge < -0.3 is 5.32 Å². The van der Waals surface area contributed by atoms with Crippen molar-refractivity contribution in [3.8, 4) is 6.07 Å².